The van der Waals surface area contributed by atoms with Crippen LogP contribution in [0.1, 0.15) is 0 Å². The molecule has 7 nitrogen and oxygen atoms in total. The summed E-state index contributed by atoms with van der Waals surface area (Å²) in [7, 11) is -1.04. The minimum Gasteiger partial charge on any atom is -0.491 e. The molecular formula is C21H25N3O4S. The van der Waals surface area contributed by atoms with E-state index in [1.807, 2.05) is 54.5 Å². The number of aliphatic hydroxyl groups excluding tert-OH is 1. The van der Waals surface area contributed by atoms with Crippen molar-refractivity contribution >= 4 is 20.6 Å². The van der Waals surface area contributed by atoms with Crippen LogP contribution < -0.4 is 4.74 Å². The van der Waals surface area contributed by atoms with E-state index >= 15 is 0 Å². The molecule has 1 unspecified atom stereocenters. The summed E-state index contributed by atoms with van der Waals surface area (Å²) < 4.78 is 30.7. The van der Waals surface area contributed by atoms with E-state index in [4.69, 9.17) is 4.74 Å². The number of benzene rings is 2. The van der Waals surface area contributed by atoms with E-state index in [0.717, 1.165) is 22.0 Å². The lowest BCUT2D eigenvalue weighted by atomic mass is 10.0. The lowest BCUT2D eigenvalue weighted by Crippen LogP contribution is -2.44. The number of fused-ring (bicyclic) bond motifs is 1. The zero-order valence-corrected chi connectivity index (χ0v) is 17.2. The second-order valence-corrected chi connectivity index (χ2v) is 9.79. The Hall–Kier alpha value is -2.42. The summed E-state index contributed by atoms with van der Waals surface area (Å²) in [4.78, 5) is 1.97. The van der Waals surface area contributed by atoms with E-state index in [2.05, 4.69) is 11.2 Å². The first-order valence-corrected chi connectivity index (χ1v) is 11.5. The van der Waals surface area contributed by atoms with Gasteiger partial charge in [-0.15, -0.1) is 0 Å². The first-order chi connectivity index (χ1) is 13.9. The fourth-order valence-electron chi connectivity index (χ4n) is 3.61. The molecule has 0 amide bonds. The van der Waals surface area contributed by atoms with E-state index in [0.29, 0.717) is 25.4 Å². The molecule has 1 saturated heterocycles. The molecule has 29 heavy (non-hydrogen) atoms. The van der Waals surface area contributed by atoms with Crippen LogP contribution in [0.5, 0.6) is 5.75 Å². The number of aliphatic hydroxyl groups is 1. The van der Waals surface area contributed by atoms with Gasteiger partial charge in [0.1, 0.15) is 18.5 Å². The molecule has 2 aromatic carbocycles. The van der Waals surface area contributed by atoms with Crippen LogP contribution in [0, 0.1) is 0 Å². The number of nitrogens with zero attached hydrogens (tertiary/aromatic N) is 3. The van der Waals surface area contributed by atoms with E-state index in [1.54, 1.807) is 4.68 Å². The van der Waals surface area contributed by atoms with Crippen LogP contribution >= 0.6 is 0 Å². The zero-order chi connectivity index (χ0) is 20.4. The summed E-state index contributed by atoms with van der Waals surface area (Å²) in [5.74, 6) is 0.974. The van der Waals surface area contributed by atoms with Gasteiger partial charge in [0.25, 0.3) is 0 Å². The van der Waals surface area contributed by atoms with Crippen LogP contribution in [0.4, 0.5) is 0 Å². The molecule has 0 radical (unpaired) electrons. The number of ether oxygens (including phenoxy) is 1. The molecule has 1 aliphatic rings. The Labute approximate surface area is 170 Å². The van der Waals surface area contributed by atoms with Crippen molar-refractivity contribution in [3.8, 4) is 17.0 Å². The van der Waals surface area contributed by atoms with Gasteiger partial charge in [0.05, 0.1) is 17.2 Å². The maximum Gasteiger partial charge on any atom is 0.152 e. The van der Waals surface area contributed by atoms with Gasteiger partial charge in [-0.05, 0) is 29.0 Å². The molecule has 1 N–H and O–H groups in total. The first kappa shape index (κ1) is 19.9. The Morgan fingerprint density at radius 1 is 1.17 bits per heavy atom. The summed E-state index contributed by atoms with van der Waals surface area (Å²) in [6, 6.07) is 13.9. The van der Waals surface area contributed by atoms with Crippen molar-refractivity contribution < 1.29 is 18.3 Å². The Bertz CT molecular complexity index is 1100. The Morgan fingerprint density at radius 3 is 2.66 bits per heavy atom. The van der Waals surface area contributed by atoms with E-state index in [1.165, 1.54) is 0 Å². The average molecular weight is 416 g/mol. The minimum absolute atomic E-state index is 0.142. The smallest absolute Gasteiger partial charge is 0.152 e. The first-order valence-electron chi connectivity index (χ1n) is 9.66. The maximum atomic E-state index is 11.5. The van der Waals surface area contributed by atoms with Gasteiger partial charge in [0.15, 0.2) is 9.84 Å². The van der Waals surface area contributed by atoms with E-state index < -0.39 is 15.9 Å². The molecule has 154 valence electrons. The fraction of sp³-hybridized carbons (Fsp3) is 0.381. The van der Waals surface area contributed by atoms with Crippen molar-refractivity contribution in [3.05, 3.63) is 48.7 Å². The molecule has 0 spiro atoms. The Kier molecular flexibility index (Phi) is 5.58. The molecule has 1 atom stereocenters. The highest BCUT2D eigenvalue weighted by Crippen LogP contribution is 2.32. The molecule has 1 aliphatic heterocycles. The third-order valence-corrected chi connectivity index (χ3v) is 6.78. The van der Waals surface area contributed by atoms with Crippen molar-refractivity contribution in [2.45, 2.75) is 6.10 Å². The van der Waals surface area contributed by atoms with Gasteiger partial charge in [-0.3, -0.25) is 9.58 Å². The number of aromatic nitrogens is 2. The van der Waals surface area contributed by atoms with Gasteiger partial charge in [-0.25, -0.2) is 8.42 Å². The van der Waals surface area contributed by atoms with Crippen LogP contribution in [-0.4, -0.2) is 72.1 Å². The average Bonchev–Trinajstić information content (AvgIpc) is 3.13. The lowest BCUT2D eigenvalue weighted by molar-refractivity contribution is 0.0711. The number of sulfone groups is 1. The minimum atomic E-state index is -2.92. The largest absolute Gasteiger partial charge is 0.491 e. The van der Waals surface area contributed by atoms with Crippen LogP contribution in [0.25, 0.3) is 22.0 Å². The Morgan fingerprint density at radius 2 is 1.93 bits per heavy atom. The number of hydrogen-bond acceptors (Lipinski definition) is 6. The number of β-amino-alcohol motifs (C(OH)–C–C–N with tert-alkyl or cyclic N) is 1. The third kappa shape index (κ3) is 4.77. The highest BCUT2D eigenvalue weighted by Gasteiger charge is 2.23. The quantitative estimate of drug-likeness (QED) is 0.660. The molecule has 8 heteroatoms. The van der Waals surface area contributed by atoms with Crippen LogP contribution in [0.2, 0.25) is 0 Å². The molecule has 0 bridgehead atoms. The summed E-state index contributed by atoms with van der Waals surface area (Å²) in [6.45, 7) is 1.46. The molecule has 3 aromatic rings. The van der Waals surface area contributed by atoms with Gasteiger partial charge < -0.3 is 9.84 Å². The lowest BCUT2D eigenvalue weighted by Gasteiger charge is -2.28. The molecular weight excluding hydrogens is 390 g/mol. The molecule has 1 aromatic heterocycles. The molecule has 0 saturated carbocycles. The van der Waals surface area contributed by atoms with Crippen LogP contribution in [0.3, 0.4) is 0 Å². The van der Waals surface area contributed by atoms with Gasteiger partial charge in [0.2, 0.25) is 0 Å². The number of hydrogen-bond donors (Lipinski definition) is 1. The zero-order valence-electron chi connectivity index (χ0n) is 16.4. The van der Waals surface area contributed by atoms with Crippen molar-refractivity contribution in [1.82, 2.24) is 14.7 Å². The highest BCUT2D eigenvalue weighted by molar-refractivity contribution is 7.91. The summed E-state index contributed by atoms with van der Waals surface area (Å²) >= 11 is 0. The monoisotopic (exact) mass is 415 g/mol. The normalized spacial score (nSPS) is 18.0. The third-order valence-electron chi connectivity index (χ3n) is 5.17. The van der Waals surface area contributed by atoms with Crippen LogP contribution in [0.15, 0.2) is 48.7 Å². The maximum absolute atomic E-state index is 11.5. The summed E-state index contributed by atoms with van der Waals surface area (Å²) in [5, 5.41) is 17.0. The molecule has 0 aliphatic carbocycles. The number of rotatable bonds is 6. The van der Waals surface area contributed by atoms with Gasteiger partial charge in [-0.1, -0.05) is 24.3 Å². The van der Waals surface area contributed by atoms with Crippen molar-refractivity contribution in [1.29, 1.82) is 0 Å². The second kappa shape index (κ2) is 8.14. The van der Waals surface area contributed by atoms with Gasteiger partial charge in [0, 0.05) is 38.4 Å². The molecule has 4 rings (SSSR count). The van der Waals surface area contributed by atoms with Crippen molar-refractivity contribution in [2.24, 2.45) is 7.05 Å². The predicted molar refractivity (Wildman–Crippen MR) is 113 cm³/mol. The molecule has 2 heterocycles. The standard InChI is InChI=1S/C21H25N3O4S/c1-23-7-6-21(22-23)20-13-18(12-16-4-2-3-5-19(16)20)28-15-17(25)14-24-8-10-29(26,27)11-9-24/h2-7,12-13,17,25H,8-11,14-15H2,1H3. The van der Waals surface area contributed by atoms with E-state index in [-0.39, 0.29) is 18.1 Å². The summed E-state index contributed by atoms with van der Waals surface area (Å²) in [6.07, 6.45) is 1.21. The predicted octanol–water partition coefficient (Wildman–Crippen LogP) is 1.71. The Balaban J connectivity index is 1.47. The van der Waals surface area contributed by atoms with Crippen LogP contribution in [-0.2, 0) is 16.9 Å². The summed E-state index contributed by atoms with van der Waals surface area (Å²) in [5.41, 5.74) is 1.85. The molecule has 1 fully saturated rings. The van der Waals surface area contributed by atoms with E-state index in [9.17, 15) is 13.5 Å². The fourth-order valence-corrected chi connectivity index (χ4v) is 4.89. The number of aryl methyl sites for hydroxylation is 1. The highest BCUT2D eigenvalue weighted by atomic mass is 32.2. The SMILES string of the molecule is Cn1ccc(-c2cc(OCC(O)CN3CCS(=O)(=O)CC3)cc3ccccc23)n1. The van der Waals surface area contributed by atoms with Crippen molar-refractivity contribution in [2.75, 3.05) is 37.7 Å². The van der Waals surface area contributed by atoms with Crippen molar-refractivity contribution in [3.63, 3.8) is 0 Å². The second-order valence-electron chi connectivity index (χ2n) is 7.48. The van der Waals surface area contributed by atoms with Gasteiger partial charge in [-0.2, -0.15) is 5.10 Å². The topological polar surface area (TPSA) is 84.7 Å². The van der Waals surface area contributed by atoms with Gasteiger partial charge >= 0.3 is 0 Å².